The molecule has 2 saturated heterocycles. The second-order valence-corrected chi connectivity index (χ2v) is 27.5. The number of anilines is 4. The lowest BCUT2D eigenvalue weighted by molar-refractivity contribution is 0.110. The number of nitrogens with zero attached hydrogens (tertiary/aromatic N) is 4. The first-order chi connectivity index (χ1) is 36.6. The first kappa shape index (κ1) is 66.2. The van der Waals surface area contributed by atoms with Crippen LogP contribution in [0.25, 0.3) is 20.9 Å². The number of amides is 3. The van der Waals surface area contributed by atoms with Gasteiger partial charge in [0, 0.05) is 95.8 Å². The van der Waals surface area contributed by atoms with Gasteiger partial charge in [0.05, 0.1) is 44.0 Å². The number of alkyl carbamates (subject to hydrolysis) is 1. The second-order valence-electron chi connectivity index (χ2n) is 21.9. The molecule has 0 radical (unpaired) electrons. The number of carbonyl (C=O) groups is 4. The Hall–Kier alpha value is -5.35. The number of nitrogens with two attached hydrogens (primary N) is 1. The fourth-order valence-corrected chi connectivity index (χ4v) is 13.3. The molecule has 7 N–H and O–H groups in total. The Balaban J connectivity index is 0.000000307. The van der Waals surface area contributed by atoms with Crippen molar-refractivity contribution in [1.82, 2.24) is 24.7 Å². The summed E-state index contributed by atoms with van der Waals surface area (Å²) in [6.45, 7) is 27.7. The highest BCUT2D eigenvalue weighted by atomic mass is 35.5. The van der Waals surface area contributed by atoms with Gasteiger partial charge in [-0.25, -0.2) is 55.4 Å². The van der Waals surface area contributed by atoms with E-state index < -0.39 is 54.8 Å². The highest BCUT2D eigenvalue weighted by Crippen LogP contribution is 2.39. The van der Waals surface area contributed by atoms with Crippen molar-refractivity contribution in [2.45, 2.75) is 180 Å². The lowest BCUT2D eigenvalue weighted by atomic mass is 10.1. The molecule has 79 heavy (non-hydrogen) atoms. The zero-order valence-corrected chi connectivity index (χ0v) is 51.5. The van der Waals surface area contributed by atoms with Gasteiger partial charge in [-0.2, -0.15) is 0 Å². The number of piperidine rings is 2. The van der Waals surface area contributed by atoms with Crippen LogP contribution in [0.2, 0.25) is 0 Å². The van der Waals surface area contributed by atoms with Crippen molar-refractivity contribution in [2.75, 3.05) is 46.6 Å². The molecule has 0 spiro atoms. The number of sulfonamides is 2. The average molecular weight is 1200 g/mol. The molecule has 2 aliphatic heterocycles. The molecule has 0 bridgehead atoms. The van der Waals surface area contributed by atoms with Gasteiger partial charge in [-0.05, 0) is 147 Å². The number of ether oxygens (including phenoxy) is 4. The van der Waals surface area contributed by atoms with Crippen LogP contribution in [0.3, 0.4) is 0 Å². The van der Waals surface area contributed by atoms with Crippen molar-refractivity contribution in [3.8, 4) is 20.9 Å². The number of rotatable bonds is 15. The van der Waals surface area contributed by atoms with Gasteiger partial charge in [0.1, 0.15) is 0 Å². The van der Waals surface area contributed by atoms with E-state index in [-0.39, 0.29) is 46.3 Å². The molecular formula is C52H79ClN10O12S4. The summed E-state index contributed by atoms with van der Waals surface area (Å²) in [4.78, 5) is 60.8. The highest BCUT2D eigenvalue weighted by Gasteiger charge is 2.30. The lowest BCUT2D eigenvalue weighted by Gasteiger charge is -2.32. The van der Waals surface area contributed by atoms with Crippen LogP contribution in [-0.4, -0.2) is 124 Å². The highest BCUT2D eigenvalue weighted by molar-refractivity contribution is 7.90. The maximum absolute atomic E-state index is 13.4. The average Bonchev–Trinajstić information content (AvgIpc) is 4.00. The molecule has 0 saturated carbocycles. The number of nitrogens with one attached hydrogen (secondary N) is 5. The zero-order valence-electron chi connectivity index (χ0n) is 47.5. The number of benzene rings is 2. The maximum Gasteiger partial charge on any atom is 0.411 e. The van der Waals surface area contributed by atoms with Gasteiger partial charge >= 0.3 is 23.7 Å². The largest absolute Gasteiger partial charge is 0.451 e. The van der Waals surface area contributed by atoms with Gasteiger partial charge in [-0.15, -0.1) is 0 Å². The van der Waals surface area contributed by atoms with Crippen molar-refractivity contribution in [2.24, 2.45) is 5.73 Å². The van der Waals surface area contributed by atoms with Gasteiger partial charge in [0.25, 0.3) is 0 Å². The Morgan fingerprint density at radius 1 is 0.595 bits per heavy atom. The van der Waals surface area contributed by atoms with Gasteiger partial charge in [0.15, 0.2) is 10.3 Å². The molecule has 2 aromatic carbocycles. The van der Waals surface area contributed by atoms with E-state index in [0.717, 1.165) is 53.9 Å². The van der Waals surface area contributed by atoms with Gasteiger partial charge < -0.3 is 39.8 Å². The first-order valence-corrected chi connectivity index (χ1v) is 30.9. The van der Waals surface area contributed by atoms with Crippen LogP contribution in [0, 0.1) is 0 Å². The fourth-order valence-electron chi connectivity index (χ4n) is 7.67. The molecule has 4 aromatic rings. The van der Waals surface area contributed by atoms with Crippen LogP contribution in [-0.2, 0) is 39.0 Å². The second kappa shape index (κ2) is 28.9. The van der Waals surface area contributed by atoms with E-state index in [9.17, 15) is 36.0 Å². The molecule has 2 fully saturated rings. The minimum absolute atomic E-state index is 0.0228. The first-order valence-electron chi connectivity index (χ1n) is 25.9. The molecular weight excluding hydrogens is 1120 g/mol. The minimum Gasteiger partial charge on any atom is -0.451 e. The van der Waals surface area contributed by atoms with Crippen molar-refractivity contribution >= 4 is 99.7 Å². The Labute approximate surface area is 478 Å². The number of halogens is 1. The molecule has 440 valence electrons. The molecule has 0 aliphatic carbocycles. The molecule has 3 amide bonds. The molecule has 0 atom stereocenters. The Kier molecular flexibility index (Phi) is 24.2. The summed E-state index contributed by atoms with van der Waals surface area (Å²) in [5.74, 6) is 0. The quantitative estimate of drug-likeness (QED) is 0.0476. The summed E-state index contributed by atoms with van der Waals surface area (Å²) in [5, 5.41) is 9.72. The zero-order chi connectivity index (χ0) is 59.2. The Morgan fingerprint density at radius 3 is 1.28 bits per heavy atom. The number of hydrogen-bond donors (Lipinski definition) is 6. The van der Waals surface area contributed by atoms with Crippen molar-refractivity contribution in [3.05, 3.63) is 48.8 Å². The SMILES string of the molecule is CC(C)OC(=O)Cl.CC(C)OC(=O)Nc1ccc(-c2cnc(N3CCC(N)CC3)s2)c(S(=O)(=O)NC(C)(C)C)c1.CC(C)OC(=O)Nc1ccc(-c2cnc(N3CCC(NC(=O)OC(C)C)CC3)s2)c(S(=O)(=O)NC(C)(C)C)c1. The number of carbonyl (C=O) groups excluding carboxylic acids is 4. The van der Waals surface area contributed by atoms with Crippen LogP contribution in [0.1, 0.15) is 123 Å². The van der Waals surface area contributed by atoms with Gasteiger partial charge in [-0.1, -0.05) is 34.8 Å². The van der Waals surface area contributed by atoms with Crippen molar-refractivity contribution in [1.29, 1.82) is 0 Å². The topological polar surface area (TPSA) is 292 Å². The van der Waals surface area contributed by atoms with E-state index in [1.165, 1.54) is 34.8 Å². The molecule has 27 heteroatoms. The van der Waals surface area contributed by atoms with E-state index >= 15 is 0 Å². The standard InChI is InChI=1S/C26H39N5O6S2.C22H33N5O4S2.C4H7ClO2/c1-16(2)36-24(32)28-18-10-12-31(13-11-18)23-27-15-21(38-23)20-9-8-19(29-25(33)37-17(3)4)14-22(20)39(34,35)30-26(5,6)7;1-14(2)31-21(28)25-16-6-7-17(19(12-16)33(29,30)26-22(3,4)5)18-13-24-20(32-18)27-10-8-15(23)9-11-27;1-3(2)7-4(5)6/h8-9,14-18,30H,10-13H2,1-7H3,(H,28,32)(H,29,33);6-7,12-15,26H,8-11,23H2,1-5H3,(H,25,28);3H,1-2H3. The monoisotopic (exact) mass is 1200 g/mol. The third kappa shape index (κ3) is 22.6. The van der Waals surface area contributed by atoms with Crippen LogP contribution in [0.4, 0.5) is 40.8 Å². The fraction of sp³-hybridized carbons (Fsp3) is 0.577. The molecule has 6 rings (SSSR count). The molecule has 4 heterocycles. The van der Waals surface area contributed by atoms with Crippen LogP contribution < -0.4 is 40.9 Å². The predicted molar refractivity (Wildman–Crippen MR) is 313 cm³/mol. The lowest BCUT2D eigenvalue weighted by Crippen LogP contribution is -2.45. The van der Waals surface area contributed by atoms with Crippen LogP contribution >= 0.6 is 34.3 Å². The van der Waals surface area contributed by atoms with Crippen LogP contribution in [0.15, 0.2) is 58.6 Å². The summed E-state index contributed by atoms with van der Waals surface area (Å²) >= 11 is 7.64. The molecule has 2 aliphatic rings. The third-order valence-corrected chi connectivity index (χ3v) is 16.6. The van der Waals surface area contributed by atoms with E-state index in [4.69, 9.17) is 31.5 Å². The summed E-state index contributed by atoms with van der Waals surface area (Å²) in [6, 6.07) is 9.76. The van der Waals surface area contributed by atoms with Crippen LogP contribution in [0.5, 0.6) is 0 Å². The summed E-state index contributed by atoms with van der Waals surface area (Å²) in [5.41, 5.74) is 5.50. The van der Waals surface area contributed by atoms with E-state index in [2.05, 4.69) is 49.9 Å². The smallest absolute Gasteiger partial charge is 0.411 e. The number of aromatic nitrogens is 2. The van der Waals surface area contributed by atoms with Gasteiger partial charge in [-0.3, -0.25) is 10.6 Å². The minimum atomic E-state index is -3.95. The van der Waals surface area contributed by atoms with E-state index in [0.29, 0.717) is 40.5 Å². The molecule has 2 aromatic heterocycles. The summed E-state index contributed by atoms with van der Waals surface area (Å²) in [7, 11) is -7.84. The summed E-state index contributed by atoms with van der Waals surface area (Å²) in [6.07, 6.45) is 4.02. The Morgan fingerprint density at radius 2 is 0.949 bits per heavy atom. The summed E-state index contributed by atoms with van der Waals surface area (Å²) < 4.78 is 78.7. The van der Waals surface area contributed by atoms with E-state index in [1.54, 1.807) is 120 Å². The third-order valence-electron chi connectivity index (χ3n) is 10.7. The molecule has 0 unspecified atom stereocenters. The van der Waals surface area contributed by atoms with Crippen molar-refractivity contribution < 1.29 is 55.0 Å². The predicted octanol–water partition coefficient (Wildman–Crippen LogP) is 10.5. The van der Waals surface area contributed by atoms with Gasteiger partial charge in [0.2, 0.25) is 20.0 Å². The van der Waals surface area contributed by atoms with Crippen molar-refractivity contribution in [3.63, 3.8) is 0 Å². The normalized spacial score (nSPS) is 14.7. The van der Waals surface area contributed by atoms with E-state index in [1.807, 2.05) is 13.8 Å². The number of hydrogen-bond acceptors (Lipinski definition) is 19. The Bertz CT molecular complexity index is 2900. The number of thiazole rings is 2. The maximum atomic E-state index is 13.4. The molecule has 22 nitrogen and oxygen atoms in total.